The van der Waals surface area contributed by atoms with Gasteiger partial charge >= 0.3 is 0 Å². The lowest BCUT2D eigenvalue weighted by atomic mass is 9.86. The van der Waals surface area contributed by atoms with Gasteiger partial charge in [0, 0.05) is 37.8 Å². The van der Waals surface area contributed by atoms with Gasteiger partial charge in [0.1, 0.15) is 0 Å². The molecule has 20 heavy (non-hydrogen) atoms. The Bertz CT molecular complexity index is 502. The maximum Gasteiger partial charge on any atom is 0.245 e. The lowest BCUT2D eigenvalue weighted by Gasteiger charge is -2.24. The summed E-state index contributed by atoms with van der Waals surface area (Å²) in [6, 6.07) is 6.06. The Hall–Kier alpha value is -1.68. The fourth-order valence-corrected chi connectivity index (χ4v) is 3.47. The van der Waals surface area contributed by atoms with Crippen LogP contribution in [-0.2, 0) is 11.3 Å². The van der Waals surface area contributed by atoms with Crippen LogP contribution in [-0.4, -0.2) is 46.9 Å². The zero-order valence-electron chi connectivity index (χ0n) is 11.8. The Morgan fingerprint density at radius 2 is 2.20 bits per heavy atom. The fourth-order valence-electron chi connectivity index (χ4n) is 3.47. The molecular formula is C16H21N3O. The van der Waals surface area contributed by atoms with Crippen molar-refractivity contribution < 1.29 is 4.79 Å². The van der Waals surface area contributed by atoms with Gasteiger partial charge in [-0.1, -0.05) is 12.6 Å². The Kier molecular flexibility index (Phi) is 3.57. The minimum absolute atomic E-state index is 0.0741. The van der Waals surface area contributed by atoms with E-state index in [0.717, 1.165) is 44.8 Å². The second-order valence-corrected chi connectivity index (χ2v) is 6.00. The van der Waals surface area contributed by atoms with Gasteiger partial charge in [-0.05, 0) is 37.6 Å². The molecule has 2 aliphatic heterocycles. The fraction of sp³-hybridized carbons (Fsp3) is 0.500. The predicted molar refractivity (Wildman–Crippen MR) is 78.0 cm³/mol. The van der Waals surface area contributed by atoms with Crippen molar-refractivity contribution in [1.29, 1.82) is 0 Å². The third kappa shape index (κ3) is 2.61. The molecule has 3 rings (SSSR count). The van der Waals surface area contributed by atoms with Gasteiger partial charge in [-0.2, -0.15) is 0 Å². The maximum absolute atomic E-state index is 11.7. The molecule has 3 heterocycles. The van der Waals surface area contributed by atoms with Crippen LogP contribution in [0.4, 0.5) is 0 Å². The largest absolute Gasteiger partial charge is 0.339 e. The molecule has 0 N–H and O–H groups in total. The molecule has 0 saturated carbocycles. The molecular weight excluding hydrogens is 250 g/mol. The first-order chi connectivity index (χ1) is 9.71. The summed E-state index contributed by atoms with van der Waals surface area (Å²) in [6.07, 6.45) is 5.58. The first-order valence-electron chi connectivity index (χ1n) is 7.24. The number of hydrogen-bond donors (Lipinski definition) is 0. The summed E-state index contributed by atoms with van der Waals surface area (Å²) in [5.41, 5.74) is 1.43. The highest BCUT2D eigenvalue weighted by atomic mass is 16.2. The van der Waals surface area contributed by atoms with Crippen molar-refractivity contribution >= 4 is 5.91 Å². The van der Waals surface area contributed by atoms with E-state index in [9.17, 15) is 4.79 Å². The van der Waals surface area contributed by atoms with E-state index >= 15 is 0 Å². The molecule has 0 bridgehead atoms. The second-order valence-electron chi connectivity index (χ2n) is 6.00. The van der Waals surface area contributed by atoms with E-state index in [0.29, 0.717) is 5.41 Å². The van der Waals surface area contributed by atoms with Gasteiger partial charge < -0.3 is 4.90 Å². The molecule has 2 saturated heterocycles. The van der Waals surface area contributed by atoms with Crippen molar-refractivity contribution in [1.82, 2.24) is 14.8 Å². The third-order valence-electron chi connectivity index (χ3n) is 4.55. The van der Waals surface area contributed by atoms with Crippen LogP contribution in [0.3, 0.4) is 0 Å². The highest BCUT2D eigenvalue weighted by Gasteiger charge is 2.44. The van der Waals surface area contributed by atoms with Crippen LogP contribution in [0.15, 0.2) is 37.1 Å². The first-order valence-corrected chi connectivity index (χ1v) is 7.24. The Balaban J connectivity index is 1.60. The Morgan fingerprint density at radius 3 is 2.95 bits per heavy atom. The molecule has 1 amide bonds. The lowest BCUT2D eigenvalue weighted by molar-refractivity contribution is -0.125. The average Bonchev–Trinajstić information content (AvgIpc) is 3.07. The monoisotopic (exact) mass is 271 g/mol. The Morgan fingerprint density at radius 1 is 1.35 bits per heavy atom. The van der Waals surface area contributed by atoms with Crippen LogP contribution >= 0.6 is 0 Å². The van der Waals surface area contributed by atoms with E-state index in [2.05, 4.69) is 22.5 Å². The van der Waals surface area contributed by atoms with E-state index in [-0.39, 0.29) is 5.91 Å². The molecule has 1 unspecified atom stereocenters. The molecule has 4 nitrogen and oxygen atoms in total. The minimum Gasteiger partial charge on any atom is -0.339 e. The summed E-state index contributed by atoms with van der Waals surface area (Å²) in [6.45, 7) is 8.44. The van der Waals surface area contributed by atoms with E-state index < -0.39 is 0 Å². The maximum atomic E-state index is 11.7. The van der Waals surface area contributed by atoms with Gasteiger partial charge in [0.15, 0.2) is 0 Å². The van der Waals surface area contributed by atoms with Gasteiger partial charge in [-0.25, -0.2) is 0 Å². The summed E-state index contributed by atoms with van der Waals surface area (Å²) in [4.78, 5) is 20.5. The first kappa shape index (κ1) is 13.3. The number of amides is 1. The SMILES string of the molecule is C=CC(=O)N1CCC2(CCN(Cc3ccccn3)C2)C1. The molecule has 0 aliphatic carbocycles. The van der Waals surface area contributed by atoms with Crippen LogP contribution in [0.5, 0.6) is 0 Å². The number of hydrogen-bond acceptors (Lipinski definition) is 3. The van der Waals surface area contributed by atoms with Crippen molar-refractivity contribution in [2.75, 3.05) is 26.2 Å². The number of rotatable bonds is 3. The molecule has 0 aromatic carbocycles. The van der Waals surface area contributed by atoms with Crippen molar-refractivity contribution in [3.05, 3.63) is 42.7 Å². The highest BCUT2D eigenvalue weighted by molar-refractivity contribution is 5.87. The van der Waals surface area contributed by atoms with E-state index in [1.54, 1.807) is 0 Å². The normalized spacial score (nSPS) is 26.3. The highest BCUT2D eigenvalue weighted by Crippen LogP contribution is 2.39. The van der Waals surface area contributed by atoms with E-state index in [1.165, 1.54) is 12.5 Å². The van der Waals surface area contributed by atoms with E-state index in [1.807, 2.05) is 23.2 Å². The predicted octanol–water partition coefficient (Wildman–Crippen LogP) is 1.69. The topological polar surface area (TPSA) is 36.4 Å². The molecule has 1 spiro atoms. The summed E-state index contributed by atoms with van der Waals surface area (Å²) in [7, 11) is 0. The molecule has 1 atom stereocenters. The van der Waals surface area contributed by atoms with Crippen molar-refractivity contribution in [3.63, 3.8) is 0 Å². The van der Waals surface area contributed by atoms with Crippen molar-refractivity contribution in [2.24, 2.45) is 5.41 Å². The quantitative estimate of drug-likeness (QED) is 0.785. The average molecular weight is 271 g/mol. The molecule has 4 heteroatoms. The summed E-state index contributed by atoms with van der Waals surface area (Å²) in [5, 5.41) is 0. The molecule has 1 aromatic rings. The molecule has 106 valence electrons. The van der Waals surface area contributed by atoms with Crippen molar-refractivity contribution in [3.8, 4) is 0 Å². The van der Waals surface area contributed by atoms with Crippen LogP contribution in [0.2, 0.25) is 0 Å². The second kappa shape index (κ2) is 5.37. The van der Waals surface area contributed by atoms with Crippen LogP contribution < -0.4 is 0 Å². The number of aromatic nitrogens is 1. The van der Waals surface area contributed by atoms with Crippen LogP contribution in [0, 0.1) is 5.41 Å². The number of pyridine rings is 1. The van der Waals surface area contributed by atoms with Gasteiger partial charge in [-0.15, -0.1) is 0 Å². The molecule has 2 fully saturated rings. The standard InChI is InChI=1S/C16H21N3O/c1-2-15(20)19-10-7-16(13-19)6-9-18(12-16)11-14-5-3-4-8-17-14/h2-5,8H,1,6-7,9-13H2. The number of nitrogens with zero attached hydrogens (tertiary/aromatic N) is 3. The molecule has 0 radical (unpaired) electrons. The van der Waals surface area contributed by atoms with Gasteiger partial charge in [0.25, 0.3) is 0 Å². The van der Waals surface area contributed by atoms with Crippen molar-refractivity contribution in [2.45, 2.75) is 19.4 Å². The summed E-state index contributed by atoms with van der Waals surface area (Å²) >= 11 is 0. The number of carbonyl (C=O) groups excluding carboxylic acids is 1. The minimum atomic E-state index is 0.0741. The van der Waals surface area contributed by atoms with E-state index in [4.69, 9.17) is 0 Å². The van der Waals surface area contributed by atoms with Crippen LogP contribution in [0.25, 0.3) is 0 Å². The van der Waals surface area contributed by atoms with Gasteiger partial charge in [0.2, 0.25) is 5.91 Å². The zero-order valence-corrected chi connectivity index (χ0v) is 11.8. The Labute approximate surface area is 120 Å². The summed E-state index contributed by atoms with van der Waals surface area (Å²) in [5.74, 6) is 0.0741. The summed E-state index contributed by atoms with van der Waals surface area (Å²) < 4.78 is 0. The van der Waals surface area contributed by atoms with Gasteiger partial charge in [-0.3, -0.25) is 14.7 Å². The zero-order chi connectivity index (χ0) is 14.0. The third-order valence-corrected chi connectivity index (χ3v) is 4.55. The number of likely N-dealkylation sites (tertiary alicyclic amines) is 2. The molecule has 1 aromatic heterocycles. The van der Waals surface area contributed by atoms with Crippen LogP contribution in [0.1, 0.15) is 18.5 Å². The van der Waals surface area contributed by atoms with Gasteiger partial charge in [0.05, 0.1) is 5.69 Å². The lowest BCUT2D eigenvalue weighted by Crippen LogP contribution is -2.33. The number of carbonyl (C=O) groups is 1. The smallest absolute Gasteiger partial charge is 0.245 e. The molecule has 2 aliphatic rings.